The number of fused-ring (bicyclic) bond motifs is 1. The van der Waals surface area contributed by atoms with Crippen LogP contribution in [0.1, 0.15) is 50.9 Å². The van der Waals surface area contributed by atoms with Gasteiger partial charge in [0.05, 0.1) is 0 Å². The molecule has 7 nitrogen and oxygen atoms in total. The van der Waals surface area contributed by atoms with E-state index >= 15 is 0 Å². The number of nitrogens with zero attached hydrogens (tertiary/aromatic N) is 5. The van der Waals surface area contributed by atoms with E-state index in [0.29, 0.717) is 38.5 Å². The molecule has 3 rings (SSSR count). The van der Waals surface area contributed by atoms with E-state index in [1.165, 1.54) is 0 Å². The van der Waals surface area contributed by atoms with Gasteiger partial charge in [0.25, 0.3) is 0 Å². The molecule has 0 radical (unpaired) electrons. The molecule has 2 heterocycles. The summed E-state index contributed by atoms with van der Waals surface area (Å²) < 4.78 is 2.08. The minimum absolute atomic E-state index is 0.0357. The Balaban J connectivity index is 1.80. The van der Waals surface area contributed by atoms with Crippen molar-refractivity contribution in [1.82, 2.24) is 19.4 Å². The van der Waals surface area contributed by atoms with Gasteiger partial charge >= 0.3 is 0 Å². The van der Waals surface area contributed by atoms with Crippen LogP contribution in [0.5, 0.6) is 0 Å². The number of imidazole rings is 1. The summed E-state index contributed by atoms with van der Waals surface area (Å²) in [5.41, 5.74) is 1.93. The third kappa shape index (κ3) is 5.94. The van der Waals surface area contributed by atoms with Crippen LogP contribution in [0.3, 0.4) is 0 Å². The van der Waals surface area contributed by atoms with Gasteiger partial charge in [-0.1, -0.05) is 32.0 Å². The molecule has 2 aromatic rings. The van der Waals surface area contributed by atoms with Crippen molar-refractivity contribution in [2.75, 3.05) is 38.1 Å². The van der Waals surface area contributed by atoms with Crippen molar-refractivity contribution in [2.24, 2.45) is 0 Å². The van der Waals surface area contributed by atoms with E-state index < -0.39 is 0 Å². The molecule has 0 N–H and O–H groups in total. The van der Waals surface area contributed by atoms with Gasteiger partial charge in [-0.3, -0.25) is 9.59 Å². The van der Waals surface area contributed by atoms with E-state index in [0.717, 1.165) is 36.6 Å². The zero-order chi connectivity index (χ0) is 22.4. The number of carbonyl (C=O) groups is 2. The molecule has 0 atom stereocenters. The van der Waals surface area contributed by atoms with Crippen LogP contribution in [0.4, 0.5) is 5.69 Å². The fraction of sp³-hybridized carbons (Fsp3) is 0.542. The van der Waals surface area contributed by atoms with Crippen LogP contribution in [-0.4, -0.2) is 64.4 Å². The Kier molecular flexibility index (Phi) is 7.85. The van der Waals surface area contributed by atoms with E-state index in [4.69, 9.17) is 0 Å². The van der Waals surface area contributed by atoms with Crippen LogP contribution < -0.4 is 4.90 Å². The zero-order valence-electron chi connectivity index (χ0n) is 19.3. The highest BCUT2D eigenvalue weighted by Crippen LogP contribution is 2.24. The molecule has 0 bridgehead atoms. The highest BCUT2D eigenvalue weighted by molar-refractivity contribution is 5.92. The minimum atomic E-state index is 0.0357. The quantitative estimate of drug-likeness (QED) is 0.755. The van der Waals surface area contributed by atoms with Crippen LogP contribution in [-0.2, 0) is 22.7 Å². The van der Waals surface area contributed by atoms with Crippen molar-refractivity contribution in [3.8, 4) is 0 Å². The summed E-state index contributed by atoms with van der Waals surface area (Å²) in [6.07, 6.45) is 5.08. The molecule has 168 valence electrons. The van der Waals surface area contributed by atoms with Crippen LogP contribution in [0.2, 0.25) is 0 Å². The smallest absolute Gasteiger partial charge is 0.224 e. The lowest BCUT2D eigenvalue weighted by atomic mass is 10.1. The lowest BCUT2D eigenvalue weighted by molar-refractivity contribution is -0.132. The second-order valence-electron chi connectivity index (χ2n) is 8.66. The van der Waals surface area contributed by atoms with Gasteiger partial charge in [-0.25, -0.2) is 4.98 Å². The molecule has 0 saturated heterocycles. The van der Waals surface area contributed by atoms with Crippen molar-refractivity contribution < 1.29 is 9.59 Å². The number of likely N-dealkylation sites (N-methyl/N-ethyl adjacent to an activating group) is 1. The number of aromatic nitrogens is 2. The van der Waals surface area contributed by atoms with Crippen molar-refractivity contribution in [3.05, 3.63) is 48.0 Å². The Morgan fingerprint density at radius 1 is 1.10 bits per heavy atom. The van der Waals surface area contributed by atoms with Crippen LogP contribution in [0, 0.1) is 0 Å². The molecule has 31 heavy (non-hydrogen) atoms. The highest BCUT2D eigenvalue weighted by Gasteiger charge is 2.21. The van der Waals surface area contributed by atoms with E-state index in [1.807, 2.05) is 40.3 Å². The predicted octanol–water partition coefficient (Wildman–Crippen LogP) is 3.11. The van der Waals surface area contributed by atoms with E-state index in [2.05, 4.69) is 35.3 Å². The van der Waals surface area contributed by atoms with Gasteiger partial charge < -0.3 is 19.3 Å². The van der Waals surface area contributed by atoms with Gasteiger partial charge in [0, 0.05) is 70.1 Å². The molecule has 0 saturated carbocycles. The number of para-hydroxylation sites is 1. The first-order valence-corrected chi connectivity index (χ1v) is 11.2. The van der Waals surface area contributed by atoms with Gasteiger partial charge in [0.1, 0.15) is 5.82 Å². The standard InChI is InChI=1S/C24H35N5O2/c1-19(2)24-25-11-15-27(24)14-10-23(31)28-17-16-26(4)12-7-13-29(20(3)30)22-9-6-5-8-21(22)18-28/h5-6,8-9,11,15,19H,7,10,12-14,16-18H2,1-4H3. The molecule has 1 aliphatic heterocycles. The summed E-state index contributed by atoms with van der Waals surface area (Å²) in [5, 5.41) is 0. The molecule has 1 aliphatic rings. The number of benzene rings is 1. The molecule has 0 aliphatic carbocycles. The first-order valence-electron chi connectivity index (χ1n) is 11.2. The number of hydrogen-bond donors (Lipinski definition) is 0. The number of aryl methyl sites for hydroxylation is 1. The first kappa shape index (κ1) is 23.0. The summed E-state index contributed by atoms with van der Waals surface area (Å²) in [7, 11) is 2.08. The average molecular weight is 426 g/mol. The zero-order valence-corrected chi connectivity index (χ0v) is 19.3. The van der Waals surface area contributed by atoms with E-state index in [9.17, 15) is 9.59 Å². The Bertz CT molecular complexity index is 892. The molecule has 1 aromatic carbocycles. The summed E-state index contributed by atoms with van der Waals surface area (Å²) in [6.45, 7) is 10.0. The fourth-order valence-electron chi connectivity index (χ4n) is 4.14. The van der Waals surface area contributed by atoms with Crippen LogP contribution in [0.25, 0.3) is 0 Å². The maximum Gasteiger partial charge on any atom is 0.224 e. The molecule has 1 aromatic heterocycles. The number of hydrogen-bond acceptors (Lipinski definition) is 4. The maximum absolute atomic E-state index is 13.2. The second kappa shape index (κ2) is 10.6. The molecule has 0 fully saturated rings. The molecule has 0 unspecified atom stereocenters. The van der Waals surface area contributed by atoms with Crippen LogP contribution >= 0.6 is 0 Å². The van der Waals surface area contributed by atoms with Gasteiger partial charge in [-0.15, -0.1) is 0 Å². The molecular formula is C24H35N5O2. The van der Waals surface area contributed by atoms with Gasteiger partial charge in [0.2, 0.25) is 11.8 Å². The Morgan fingerprint density at radius 2 is 1.87 bits per heavy atom. The van der Waals surface area contributed by atoms with E-state index in [1.54, 1.807) is 13.1 Å². The maximum atomic E-state index is 13.2. The van der Waals surface area contributed by atoms with Gasteiger partial charge in [0.15, 0.2) is 0 Å². The van der Waals surface area contributed by atoms with Gasteiger partial charge in [-0.05, 0) is 31.6 Å². The summed E-state index contributed by atoms with van der Waals surface area (Å²) in [4.78, 5) is 36.0. The van der Waals surface area contributed by atoms with Crippen molar-refractivity contribution in [1.29, 1.82) is 0 Å². The van der Waals surface area contributed by atoms with Crippen molar-refractivity contribution in [2.45, 2.75) is 52.6 Å². The molecule has 0 spiro atoms. The Hall–Kier alpha value is -2.67. The lowest BCUT2D eigenvalue weighted by Crippen LogP contribution is -2.37. The number of amides is 2. The topological polar surface area (TPSA) is 61.7 Å². The highest BCUT2D eigenvalue weighted by atomic mass is 16.2. The van der Waals surface area contributed by atoms with Crippen molar-refractivity contribution in [3.63, 3.8) is 0 Å². The van der Waals surface area contributed by atoms with Gasteiger partial charge in [-0.2, -0.15) is 0 Å². The minimum Gasteiger partial charge on any atom is -0.337 e. The Labute approximate surface area is 185 Å². The lowest BCUT2D eigenvalue weighted by Gasteiger charge is -2.27. The third-order valence-corrected chi connectivity index (χ3v) is 5.88. The normalized spacial score (nSPS) is 16.2. The average Bonchev–Trinajstić information content (AvgIpc) is 3.20. The molecule has 7 heteroatoms. The number of carbonyl (C=O) groups excluding carboxylic acids is 2. The summed E-state index contributed by atoms with van der Waals surface area (Å²) >= 11 is 0. The fourth-order valence-corrected chi connectivity index (χ4v) is 4.14. The summed E-state index contributed by atoms with van der Waals surface area (Å²) in [6, 6.07) is 7.95. The van der Waals surface area contributed by atoms with E-state index in [-0.39, 0.29) is 11.8 Å². The largest absolute Gasteiger partial charge is 0.337 e. The molecule has 2 amide bonds. The van der Waals surface area contributed by atoms with Crippen molar-refractivity contribution >= 4 is 17.5 Å². The first-order chi connectivity index (χ1) is 14.9. The van der Waals surface area contributed by atoms with Crippen LogP contribution in [0.15, 0.2) is 36.7 Å². The number of rotatable bonds is 4. The second-order valence-corrected chi connectivity index (χ2v) is 8.66. The predicted molar refractivity (Wildman–Crippen MR) is 123 cm³/mol. The SMILES string of the molecule is CC(=O)N1CCCN(C)CCN(C(=O)CCn2ccnc2C(C)C)Cc2ccccc21. The summed E-state index contributed by atoms with van der Waals surface area (Å²) in [5.74, 6) is 1.49. The Morgan fingerprint density at radius 3 is 2.61 bits per heavy atom. The third-order valence-electron chi connectivity index (χ3n) is 5.88. The number of anilines is 1. The monoisotopic (exact) mass is 425 g/mol. The molecular weight excluding hydrogens is 390 g/mol.